The van der Waals surface area contributed by atoms with E-state index in [2.05, 4.69) is 24.3 Å². The molecule has 4 bridgehead atoms. The molecule has 0 spiro atoms. The minimum Gasteiger partial charge on any atom is -0.251 e. The van der Waals surface area contributed by atoms with E-state index in [0.717, 1.165) is 24.2 Å². The summed E-state index contributed by atoms with van der Waals surface area (Å²) in [7, 11) is 0. The van der Waals surface area contributed by atoms with Gasteiger partial charge in [0.05, 0.1) is 11.4 Å². The van der Waals surface area contributed by atoms with Gasteiger partial charge in [0.1, 0.15) is 0 Å². The smallest absolute Gasteiger partial charge is 0.0892 e. The van der Waals surface area contributed by atoms with Crippen molar-refractivity contribution in [2.45, 2.75) is 89.9 Å². The highest BCUT2D eigenvalue weighted by Gasteiger charge is 2.20. The number of nitrogens with zero attached hydrogens (tertiary/aromatic N) is 2. The minimum atomic E-state index is 1.11. The molecule has 0 saturated heterocycles. The Labute approximate surface area is 169 Å². The van der Waals surface area contributed by atoms with Gasteiger partial charge < -0.3 is 0 Å². The van der Waals surface area contributed by atoms with Crippen LogP contribution in [-0.2, 0) is 38.5 Å². The second kappa shape index (κ2) is 8.19. The fourth-order valence-corrected chi connectivity index (χ4v) is 5.34. The molecule has 2 aromatic heterocycles. The van der Waals surface area contributed by atoms with E-state index in [4.69, 9.17) is 9.97 Å². The van der Waals surface area contributed by atoms with Gasteiger partial charge in [-0.25, -0.2) is 0 Å². The first-order chi connectivity index (χ1) is 13.9. The zero-order valence-electron chi connectivity index (χ0n) is 17.1. The summed E-state index contributed by atoms with van der Waals surface area (Å²) in [5, 5.41) is 0. The number of aryl methyl sites for hydroxylation is 4. The number of allylic oxidation sites excluding steroid dienone is 2. The van der Waals surface area contributed by atoms with E-state index in [9.17, 15) is 0 Å². The Balaban J connectivity index is 1.64. The van der Waals surface area contributed by atoms with E-state index in [0.29, 0.717) is 0 Å². The van der Waals surface area contributed by atoms with Crippen LogP contribution in [0.4, 0.5) is 0 Å². The third-order valence-electron chi connectivity index (χ3n) is 6.85. The van der Waals surface area contributed by atoms with E-state index in [1.54, 1.807) is 22.3 Å². The summed E-state index contributed by atoms with van der Waals surface area (Å²) in [6, 6.07) is 4.76. The van der Waals surface area contributed by atoms with Crippen molar-refractivity contribution in [2.24, 2.45) is 0 Å². The summed E-state index contributed by atoms with van der Waals surface area (Å²) in [4.78, 5) is 10.4. The van der Waals surface area contributed by atoms with E-state index in [1.807, 2.05) is 0 Å². The normalized spacial score (nSPS) is 20.6. The summed E-state index contributed by atoms with van der Waals surface area (Å²) < 4.78 is 0. The average molecular weight is 373 g/mol. The second-order valence-corrected chi connectivity index (χ2v) is 8.85. The van der Waals surface area contributed by atoms with Crippen molar-refractivity contribution >= 4 is 0 Å². The van der Waals surface area contributed by atoms with Crippen LogP contribution in [0.25, 0.3) is 11.4 Å². The van der Waals surface area contributed by atoms with Crippen molar-refractivity contribution < 1.29 is 0 Å². The summed E-state index contributed by atoms with van der Waals surface area (Å²) in [6.45, 7) is 0. The second-order valence-electron chi connectivity index (χ2n) is 8.85. The summed E-state index contributed by atoms with van der Waals surface area (Å²) in [5.41, 5.74) is 11.2. The predicted octanol–water partition coefficient (Wildman–Crippen LogP) is 6.12. The van der Waals surface area contributed by atoms with Crippen LogP contribution >= 0.6 is 0 Å². The standard InChI is InChI=1S/C26H32N2/c1-2-4-6-16-24-22-14-10-8-12-20(22)18-26(28-24)25-17-19-11-7-9-13-21(19)23(27-25)15-5-3-1/h1-2,17-18H,3-16H2/b2-1-. The summed E-state index contributed by atoms with van der Waals surface area (Å²) >= 11 is 0. The van der Waals surface area contributed by atoms with Gasteiger partial charge >= 0.3 is 0 Å². The number of hydrogen-bond donors (Lipinski definition) is 0. The van der Waals surface area contributed by atoms with Crippen LogP contribution < -0.4 is 0 Å². The highest BCUT2D eigenvalue weighted by Crippen LogP contribution is 2.32. The van der Waals surface area contributed by atoms with Gasteiger partial charge in [-0.15, -0.1) is 0 Å². The topological polar surface area (TPSA) is 25.8 Å². The molecular weight excluding hydrogens is 340 g/mol. The lowest BCUT2D eigenvalue weighted by Gasteiger charge is -2.23. The molecule has 2 heteroatoms. The maximum Gasteiger partial charge on any atom is 0.0892 e. The van der Waals surface area contributed by atoms with Crippen LogP contribution in [0.5, 0.6) is 0 Å². The van der Waals surface area contributed by atoms with Gasteiger partial charge in [-0.2, -0.15) is 0 Å². The van der Waals surface area contributed by atoms with Gasteiger partial charge in [0.15, 0.2) is 0 Å². The first kappa shape index (κ1) is 18.1. The van der Waals surface area contributed by atoms with Gasteiger partial charge in [0, 0.05) is 11.4 Å². The molecule has 0 atom stereocenters. The van der Waals surface area contributed by atoms with Crippen LogP contribution in [0.2, 0.25) is 0 Å². The third-order valence-corrected chi connectivity index (χ3v) is 6.85. The van der Waals surface area contributed by atoms with Crippen molar-refractivity contribution in [2.75, 3.05) is 0 Å². The highest BCUT2D eigenvalue weighted by atomic mass is 14.8. The number of aromatic nitrogens is 2. The zero-order chi connectivity index (χ0) is 18.8. The number of fused-ring (bicyclic) bond motifs is 9. The zero-order valence-corrected chi connectivity index (χ0v) is 17.1. The first-order valence-corrected chi connectivity index (χ1v) is 11.6. The van der Waals surface area contributed by atoms with Crippen molar-refractivity contribution in [3.63, 3.8) is 0 Å². The molecule has 3 aliphatic rings. The van der Waals surface area contributed by atoms with Gasteiger partial charge in [0.2, 0.25) is 0 Å². The Bertz CT molecular complexity index is 820. The Morgan fingerprint density at radius 3 is 1.46 bits per heavy atom. The van der Waals surface area contributed by atoms with Crippen molar-refractivity contribution in [1.29, 1.82) is 0 Å². The SMILES string of the molecule is C1=C\CCCc2nc(cc3c2CCCC3)-c2cc3c(c(n2)CCC/1)CCCC3. The monoisotopic (exact) mass is 372 g/mol. The van der Waals surface area contributed by atoms with E-state index < -0.39 is 0 Å². The lowest BCUT2D eigenvalue weighted by Crippen LogP contribution is -2.12. The van der Waals surface area contributed by atoms with Crippen LogP contribution in [0.15, 0.2) is 24.3 Å². The van der Waals surface area contributed by atoms with Crippen LogP contribution in [0.1, 0.15) is 85.0 Å². The maximum absolute atomic E-state index is 5.21. The van der Waals surface area contributed by atoms with Crippen LogP contribution in [0.3, 0.4) is 0 Å². The lowest BCUT2D eigenvalue weighted by molar-refractivity contribution is 0.662. The Morgan fingerprint density at radius 2 is 0.964 bits per heavy atom. The van der Waals surface area contributed by atoms with E-state index in [1.165, 1.54) is 88.4 Å². The van der Waals surface area contributed by atoms with Crippen molar-refractivity contribution in [1.82, 2.24) is 9.97 Å². The molecule has 0 fully saturated rings. The predicted molar refractivity (Wildman–Crippen MR) is 116 cm³/mol. The minimum absolute atomic E-state index is 1.11. The molecule has 0 amide bonds. The molecule has 0 N–H and O–H groups in total. The molecular formula is C26H32N2. The van der Waals surface area contributed by atoms with Gasteiger partial charge in [0.25, 0.3) is 0 Å². The molecule has 0 aromatic carbocycles. The molecule has 2 nitrogen and oxygen atoms in total. The molecule has 3 heterocycles. The molecule has 2 aliphatic carbocycles. The first-order valence-electron chi connectivity index (χ1n) is 11.6. The average Bonchev–Trinajstić information content (AvgIpc) is 2.74. The fraction of sp³-hybridized carbons (Fsp3) is 0.538. The van der Waals surface area contributed by atoms with Crippen LogP contribution in [-0.4, -0.2) is 9.97 Å². The maximum atomic E-state index is 5.21. The summed E-state index contributed by atoms with van der Waals surface area (Å²) in [5.74, 6) is 0. The van der Waals surface area contributed by atoms with Crippen molar-refractivity contribution in [3.05, 3.63) is 57.9 Å². The Hall–Kier alpha value is -1.96. The Morgan fingerprint density at radius 1 is 0.500 bits per heavy atom. The van der Waals surface area contributed by atoms with Gasteiger partial charge in [-0.3, -0.25) is 9.97 Å². The van der Waals surface area contributed by atoms with Crippen LogP contribution in [0, 0.1) is 0 Å². The lowest BCUT2D eigenvalue weighted by atomic mass is 9.87. The largest absolute Gasteiger partial charge is 0.251 e. The Kier molecular flexibility index (Phi) is 5.29. The molecule has 28 heavy (non-hydrogen) atoms. The number of rotatable bonds is 0. The number of pyridine rings is 2. The number of hydrogen-bond acceptors (Lipinski definition) is 2. The van der Waals surface area contributed by atoms with Crippen molar-refractivity contribution in [3.8, 4) is 11.4 Å². The molecule has 0 saturated carbocycles. The van der Waals surface area contributed by atoms with E-state index in [-0.39, 0.29) is 0 Å². The molecule has 1 aliphatic heterocycles. The molecule has 146 valence electrons. The molecule has 2 aromatic rings. The molecule has 0 radical (unpaired) electrons. The summed E-state index contributed by atoms with van der Waals surface area (Å²) in [6.07, 6.45) is 21.9. The van der Waals surface area contributed by atoms with E-state index >= 15 is 0 Å². The van der Waals surface area contributed by atoms with Gasteiger partial charge in [-0.05, 0) is 124 Å². The quantitative estimate of drug-likeness (QED) is 0.521. The fourth-order valence-electron chi connectivity index (χ4n) is 5.34. The molecule has 5 rings (SSSR count). The van der Waals surface area contributed by atoms with Gasteiger partial charge in [-0.1, -0.05) is 12.2 Å². The third kappa shape index (κ3) is 3.66. The highest BCUT2D eigenvalue weighted by molar-refractivity contribution is 5.60. The molecule has 0 unspecified atom stereocenters.